The number of amides is 1. The van der Waals surface area contributed by atoms with Crippen LogP contribution in [0, 0.1) is 0 Å². The van der Waals surface area contributed by atoms with E-state index >= 15 is 0 Å². The van der Waals surface area contributed by atoms with Crippen LogP contribution in [-0.2, 0) is 12.6 Å². The molecule has 0 fully saturated rings. The molecule has 0 bridgehead atoms. The van der Waals surface area contributed by atoms with Gasteiger partial charge in [0, 0.05) is 12.1 Å². The van der Waals surface area contributed by atoms with Crippen molar-refractivity contribution in [1.29, 1.82) is 0 Å². The minimum absolute atomic E-state index is 0.0213. The summed E-state index contributed by atoms with van der Waals surface area (Å²) in [5.41, 5.74) is 6.59. The van der Waals surface area contributed by atoms with E-state index in [4.69, 9.17) is 14.7 Å². The predicted molar refractivity (Wildman–Crippen MR) is 121 cm³/mol. The van der Waals surface area contributed by atoms with E-state index in [0.29, 0.717) is 6.54 Å². The fourth-order valence-corrected chi connectivity index (χ4v) is 3.55. The number of halogens is 3. The Morgan fingerprint density at radius 1 is 0.971 bits per heavy atom. The molecule has 0 unspecified atom stereocenters. The van der Waals surface area contributed by atoms with Gasteiger partial charge in [-0.25, -0.2) is 0 Å². The number of rotatable bonds is 8. The van der Waals surface area contributed by atoms with Gasteiger partial charge in [0.05, 0.1) is 5.56 Å². The molecule has 0 radical (unpaired) electrons. The van der Waals surface area contributed by atoms with Crippen LogP contribution in [0.4, 0.5) is 19.1 Å². The highest BCUT2D eigenvalue weighted by atomic mass is 19.4. The van der Waals surface area contributed by atoms with Gasteiger partial charge in [-0.2, -0.15) is 13.2 Å². The number of aryl methyl sites for hydroxylation is 1. The number of nitrogen functional groups attached to an aromatic ring is 1. The predicted octanol–water partition coefficient (Wildman–Crippen LogP) is 5.96. The number of aromatic nitrogens is 1. The lowest BCUT2D eigenvalue weighted by atomic mass is 10.1. The van der Waals surface area contributed by atoms with Gasteiger partial charge in [0.1, 0.15) is 11.3 Å². The molecule has 4 aromatic rings. The second kappa shape index (κ2) is 9.86. The van der Waals surface area contributed by atoms with Crippen molar-refractivity contribution in [2.24, 2.45) is 0 Å². The molecule has 0 saturated heterocycles. The van der Waals surface area contributed by atoms with Crippen LogP contribution < -0.4 is 11.1 Å². The maximum Gasteiger partial charge on any atom is 0.416 e. The van der Waals surface area contributed by atoms with Crippen molar-refractivity contribution in [1.82, 2.24) is 10.5 Å². The first-order valence-electron chi connectivity index (χ1n) is 10.7. The molecule has 34 heavy (non-hydrogen) atoms. The molecule has 1 amide bonds. The Balaban J connectivity index is 1.43. The maximum absolute atomic E-state index is 13.0. The lowest BCUT2D eigenvalue weighted by Crippen LogP contribution is -2.25. The van der Waals surface area contributed by atoms with Crippen LogP contribution in [0.3, 0.4) is 0 Å². The first-order valence-corrected chi connectivity index (χ1v) is 10.7. The summed E-state index contributed by atoms with van der Waals surface area (Å²) in [6.07, 6.45) is -1.91. The summed E-state index contributed by atoms with van der Waals surface area (Å²) < 4.78 is 49.8. The zero-order valence-electron chi connectivity index (χ0n) is 18.1. The summed E-state index contributed by atoms with van der Waals surface area (Å²) >= 11 is 0. The fraction of sp³-hybridized carbons (Fsp3) is 0.200. The van der Waals surface area contributed by atoms with E-state index < -0.39 is 17.6 Å². The van der Waals surface area contributed by atoms with Crippen molar-refractivity contribution >= 4 is 11.8 Å². The number of anilines is 1. The second-order valence-electron chi connectivity index (χ2n) is 7.71. The van der Waals surface area contributed by atoms with Gasteiger partial charge in [-0.3, -0.25) is 4.79 Å². The second-order valence-corrected chi connectivity index (χ2v) is 7.71. The Bertz CT molecular complexity index is 1260. The Labute approximate surface area is 193 Å². The van der Waals surface area contributed by atoms with Gasteiger partial charge in [0.15, 0.2) is 11.5 Å². The SMILES string of the molecule is Nc1onc(-c2ccc(-c3cccc(C(F)(F)F)c3)o2)c1C(=O)NCCCCc1ccccc1. The van der Waals surface area contributed by atoms with Gasteiger partial charge >= 0.3 is 6.18 Å². The number of nitrogens with zero attached hydrogens (tertiary/aromatic N) is 1. The van der Waals surface area contributed by atoms with Crippen LogP contribution in [0.1, 0.15) is 34.3 Å². The molecule has 2 aromatic carbocycles. The molecule has 3 N–H and O–H groups in total. The highest BCUT2D eigenvalue weighted by Gasteiger charge is 2.31. The summed E-state index contributed by atoms with van der Waals surface area (Å²) in [5, 5.41) is 6.62. The van der Waals surface area contributed by atoms with Crippen LogP contribution in [-0.4, -0.2) is 17.6 Å². The fourth-order valence-electron chi connectivity index (χ4n) is 3.55. The Hall–Kier alpha value is -4.01. The number of nitrogens with one attached hydrogen (secondary N) is 1. The number of furan rings is 1. The zero-order valence-corrected chi connectivity index (χ0v) is 18.1. The van der Waals surface area contributed by atoms with Crippen molar-refractivity contribution in [2.45, 2.75) is 25.4 Å². The van der Waals surface area contributed by atoms with Gasteiger partial charge < -0.3 is 20.0 Å². The van der Waals surface area contributed by atoms with E-state index in [1.165, 1.54) is 29.8 Å². The quantitative estimate of drug-likeness (QED) is 0.311. The molecule has 0 aliphatic heterocycles. The first kappa shape index (κ1) is 23.2. The number of hydrogen-bond donors (Lipinski definition) is 2. The van der Waals surface area contributed by atoms with Crippen molar-refractivity contribution < 1.29 is 26.9 Å². The molecule has 6 nitrogen and oxygen atoms in total. The van der Waals surface area contributed by atoms with E-state index in [2.05, 4.69) is 22.6 Å². The maximum atomic E-state index is 13.0. The van der Waals surface area contributed by atoms with Crippen LogP contribution in [0.5, 0.6) is 0 Å². The van der Waals surface area contributed by atoms with E-state index in [1.54, 1.807) is 0 Å². The average Bonchev–Trinajstić information content (AvgIpc) is 3.46. The topological polar surface area (TPSA) is 94.3 Å². The van der Waals surface area contributed by atoms with E-state index in [0.717, 1.165) is 31.4 Å². The molecule has 0 spiro atoms. The molecule has 0 saturated carbocycles. The monoisotopic (exact) mass is 469 g/mol. The minimum atomic E-state index is -4.47. The van der Waals surface area contributed by atoms with Gasteiger partial charge in [-0.15, -0.1) is 0 Å². The molecular weight excluding hydrogens is 447 g/mol. The van der Waals surface area contributed by atoms with Crippen molar-refractivity contribution in [3.8, 4) is 22.8 Å². The number of unbranched alkanes of at least 4 members (excludes halogenated alkanes) is 1. The summed E-state index contributed by atoms with van der Waals surface area (Å²) in [6, 6.07) is 17.8. The molecule has 0 aliphatic rings. The average molecular weight is 469 g/mol. The molecule has 9 heteroatoms. The van der Waals surface area contributed by atoms with E-state index in [9.17, 15) is 18.0 Å². The molecule has 2 aromatic heterocycles. The minimum Gasteiger partial charge on any atom is -0.454 e. The first-order chi connectivity index (χ1) is 16.3. The van der Waals surface area contributed by atoms with E-state index in [-0.39, 0.29) is 34.2 Å². The highest BCUT2D eigenvalue weighted by Crippen LogP contribution is 2.35. The third kappa shape index (κ3) is 5.31. The Morgan fingerprint density at radius 3 is 2.50 bits per heavy atom. The molecule has 4 rings (SSSR count). The van der Waals surface area contributed by atoms with Crippen LogP contribution in [0.25, 0.3) is 22.8 Å². The summed E-state index contributed by atoms with van der Waals surface area (Å²) in [5.74, 6) is -0.295. The smallest absolute Gasteiger partial charge is 0.416 e. The van der Waals surface area contributed by atoms with Crippen LogP contribution in [0.2, 0.25) is 0 Å². The molecular formula is C25H22F3N3O3. The lowest BCUT2D eigenvalue weighted by Gasteiger charge is -2.07. The van der Waals surface area contributed by atoms with Crippen molar-refractivity contribution in [2.75, 3.05) is 12.3 Å². The van der Waals surface area contributed by atoms with Gasteiger partial charge in [0.2, 0.25) is 5.88 Å². The van der Waals surface area contributed by atoms with Crippen LogP contribution >= 0.6 is 0 Å². The summed E-state index contributed by atoms with van der Waals surface area (Å²) in [6.45, 7) is 0.434. The number of hydrogen-bond acceptors (Lipinski definition) is 5. The van der Waals surface area contributed by atoms with Gasteiger partial charge in [0.25, 0.3) is 5.91 Å². The van der Waals surface area contributed by atoms with E-state index in [1.807, 2.05) is 18.2 Å². The van der Waals surface area contributed by atoms with Crippen LogP contribution in [0.15, 0.2) is 75.7 Å². The van der Waals surface area contributed by atoms with Gasteiger partial charge in [-0.05, 0) is 49.1 Å². The summed E-state index contributed by atoms with van der Waals surface area (Å²) in [4.78, 5) is 12.7. The lowest BCUT2D eigenvalue weighted by molar-refractivity contribution is -0.137. The third-order valence-electron chi connectivity index (χ3n) is 5.28. The van der Waals surface area contributed by atoms with Crippen molar-refractivity contribution in [3.05, 3.63) is 83.4 Å². The largest absolute Gasteiger partial charge is 0.454 e. The number of carbonyl (C=O) groups excluding carboxylic acids is 1. The summed E-state index contributed by atoms with van der Waals surface area (Å²) in [7, 11) is 0. The number of benzene rings is 2. The molecule has 2 heterocycles. The number of nitrogens with two attached hydrogens (primary N) is 1. The molecule has 0 aliphatic carbocycles. The van der Waals surface area contributed by atoms with Crippen molar-refractivity contribution in [3.63, 3.8) is 0 Å². The zero-order chi connectivity index (χ0) is 24.1. The number of alkyl halides is 3. The number of carbonyl (C=O) groups is 1. The Morgan fingerprint density at radius 2 is 1.74 bits per heavy atom. The normalized spacial score (nSPS) is 11.5. The molecule has 0 atom stereocenters. The molecule has 176 valence electrons. The van der Waals surface area contributed by atoms with Gasteiger partial charge in [-0.1, -0.05) is 47.6 Å². The highest BCUT2D eigenvalue weighted by molar-refractivity contribution is 6.03. The third-order valence-corrected chi connectivity index (χ3v) is 5.28. The standard InChI is InChI=1S/C25H22F3N3O3/c26-25(27,28)18-11-6-10-17(15-18)19-12-13-20(33-19)22-21(23(29)34-31-22)24(32)30-14-5-4-9-16-7-2-1-3-8-16/h1-3,6-8,10-13,15H,4-5,9,14,29H2,(H,30,32). The Kier molecular flexibility index (Phi) is 6.72.